The van der Waals surface area contributed by atoms with Crippen molar-refractivity contribution in [1.29, 1.82) is 0 Å². The first-order valence-corrected chi connectivity index (χ1v) is 19.4. The van der Waals surface area contributed by atoms with E-state index in [4.69, 9.17) is 51.1 Å². The largest absolute Gasteiger partial charge is 0.478 e. The second-order valence-corrected chi connectivity index (χ2v) is 15.4. The third-order valence-electron chi connectivity index (χ3n) is 7.78. The minimum atomic E-state index is -1.23. The van der Waals surface area contributed by atoms with Crippen LogP contribution in [0.2, 0.25) is 20.1 Å². The van der Waals surface area contributed by atoms with Gasteiger partial charge in [0.2, 0.25) is 0 Å². The highest BCUT2D eigenvalue weighted by Gasteiger charge is 2.19. The average molecular weight is 905 g/mol. The number of benzene rings is 5. The average Bonchev–Trinajstić information content (AvgIpc) is 3.86. The van der Waals surface area contributed by atoms with Gasteiger partial charge in [-0.3, -0.25) is 0 Å². The minimum absolute atomic E-state index is 0.0102. The van der Waals surface area contributed by atoms with Gasteiger partial charge >= 0.3 is 11.9 Å². The molecule has 0 unspecified atom stereocenters. The summed E-state index contributed by atoms with van der Waals surface area (Å²) in [5.74, 6) is -3.19. The fraction of sp³-hybridized carbons (Fsp3) is 0.0256. The van der Waals surface area contributed by atoms with Crippen LogP contribution in [0.1, 0.15) is 20.7 Å². The van der Waals surface area contributed by atoms with Crippen LogP contribution in [0.15, 0.2) is 106 Å². The Balaban J connectivity index is 0.000000189. The summed E-state index contributed by atoms with van der Waals surface area (Å²) < 4.78 is 32.9. The number of carboxylic acid groups (broad SMARTS) is 1. The molecule has 2 heterocycles. The summed E-state index contributed by atoms with van der Waals surface area (Å²) in [4.78, 5) is 32.8. The molecule has 0 saturated heterocycles. The van der Waals surface area contributed by atoms with Crippen molar-refractivity contribution in [2.75, 3.05) is 7.11 Å². The van der Waals surface area contributed by atoms with E-state index in [1.165, 1.54) is 48.0 Å². The van der Waals surface area contributed by atoms with Crippen molar-refractivity contribution < 1.29 is 28.2 Å². The van der Waals surface area contributed by atoms with Crippen molar-refractivity contribution in [3.05, 3.63) is 149 Å². The molecule has 7 aromatic rings. The number of carboxylic acids is 1. The molecule has 0 aliphatic rings. The van der Waals surface area contributed by atoms with E-state index in [9.17, 15) is 23.5 Å². The third kappa shape index (κ3) is 8.84. The lowest BCUT2D eigenvalue weighted by molar-refractivity contribution is 0.0598. The minimum Gasteiger partial charge on any atom is -0.478 e. The van der Waals surface area contributed by atoms with Crippen molar-refractivity contribution in [1.82, 2.24) is 9.97 Å². The van der Waals surface area contributed by atoms with Gasteiger partial charge in [-0.05, 0) is 76.1 Å². The second kappa shape index (κ2) is 17.1. The topological polar surface area (TPSA) is 89.4 Å². The molecule has 15 heteroatoms. The molecular formula is C39H21BrCl4F2N2O4S2. The third-order valence-corrected chi connectivity index (χ3v) is 11.7. The number of methoxy groups -OCH3 is 1. The van der Waals surface area contributed by atoms with Gasteiger partial charge in [0.1, 0.15) is 21.6 Å². The molecular weight excluding hydrogens is 884 g/mol. The summed E-state index contributed by atoms with van der Waals surface area (Å²) in [6.45, 7) is 0. The first-order chi connectivity index (χ1) is 25.8. The number of aromatic carboxylic acids is 1. The summed E-state index contributed by atoms with van der Waals surface area (Å²) in [5, 5.41) is 16.6. The molecule has 7 rings (SSSR count). The normalized spacial score (nSPS) is 10.8. The Morgan fingerprint density at radius 2 is 1.15 bits per heavy atom. The Kier molecular flexibility index (Phi) is 12.5. The number of thiazole rings is 2. The quantitative estimate of drug-likeness (QED) is 0.160. The van der Waals surface area contributed by atoms with Crippen LogP contribution in [-0.4, -0.2) is 34.1 Å². The van der Waals surface area contributed by atoms with E-state index >= 15 is 0 Å². The summed E-state index contributed by atoms with van der Waals surface area (Å²) in [7, 11) is 1.35. The highest BCUT2D eigenvalue weighted by atomic mass is 79.9. The first kappa shape index (κ1) is 39.5. The van der Waals surface area contributed by atoms with Crippen LogP contribution < -0.4 is 0 Å². The smallest absolute Gasteiger partial charge is 0.339 e. The van der Waals surface area contributed by atoms with E-state index in [0.717, 1.165) is 39.5 Å². The maximum absolute atomic E-state index is 14.2. The van der Waals surface area contributed by atoms with Crippen molar-refractivity contribution in [2.45, 2.75) is 0 Å². The van der Waals surface area contributed by atoms with Gasteiger partial charge in [-0.1, -0.05) is 76.7 Å². The lowest BCUT2D eigenvalue weighted by atomic mass is 9.97. The van der Waals surface area contributed by atoms with Crippen LogP contribution >= 0.6 is 85.0 Å². The van der Waals surface area contributed by atoms with Crippen LogP contribution in [0, 0.1) is 11.6 Å². The zero-order valence-electron chi connectivity index (χ0n) is 27.3. The molecule has 5 aromatic carbocycles. The van der Waals surface area contributed by atoms with Crippen LogP contribution in [0.3, 0.4) is 0 Å². The first-order valence-electron chi connectivity index (χ1n) is 15.4. The lowest BCUT2D eigenvalue weighted by Crippen LogP contribution is -2.02. The molecule has 6 nitrogen and oxygen atoms in total. The molecule has 272 valence electrons. The molecule has 0 aliphatic heterocycles. The van der Waals surface area contributed by atoms with Crippen LogP contribution in [0.5, 0.6) is 0 Å². The highest BCUT2D eigenvalue weighted by molar-refractivity contribution is 9.10. The summed E-state index contributed by atoms with van der Waals surface area (Å²) in [6, 6.07) is 23.6. The number of carbonyl (C=O) groups is 2. The van der Waals surface area contributed by atoms with Gasteiger partial charge in [-0.15, -0.1) is 22.7 Å². The van der Waals surface area contributed by atoms with Gasteiger partial charge in [0.25, 0.3) is 0 Å². The fourth-order valence-electron chi connectivity index (χ4n) is 5.11. The predicted octanol–water partition coefficient (Wildman–Crippen LogP) is 13.8. The molecule has 0 fully saturated rings. The van der Waals surface area contributed by atoms with Crippen LogP contribution in [0.25, 0.3) is 54.8 Å². The molecule has 0 spiro atoms. The Hall–Kier alpha value is -4.20. The molecule has 0 atom stereocenters. The number of hydrogen-bond donors (Lipinski definition) is 1. The van der Waals surface area contributed by atoms with Gasteiger partial charge in [0, 0.05) is 49.1 Å². The lowest BCUT2D eigenvalue weighted by Gasteiger charge is -2.09. The van der Waals surface area contributed by atoms with E-state index in [2.05, 4.69) is 25.9 Å². The van der Waals surface area contributed by atoms with E-state index in [-0.39, 0.29) is 16.7 Å². The second-order valence-electron chi connectivity index (χ2n) is 11.2. The molecule has 0 amide bonds. The number of carbonyl (C=O) groups excluding carboxylic acids is 1. The Labute approximate surface area is 343 Å². The highest BCUT2D eigenvalue weighted by Crippen LogP contribution is 2.36. The zero-order valence-corrected chi connectivity index (χ0v) is 33.6. The van der Waals surface area contributed by atoms with E-state index < -0.39 is 23.6 Å². The van der Waals surface area contributed by atoms with Crippen molar-refractivity contribution in [2.24, 2.45) is 0 Å². The number of halogens is 7. The molecule has 0 bridgehead atoms. The number of esters is 1. The number of nitrogens with zero attached hydrogens (tertiary/aromatic N) is 2. The van der Waals surface area contributed by atoms with Gasteiger partial charge in [0.05, 0.1) is 49.7 Å². The van der Waals surface area contributed by atoms with Crippen molar-refractivity contribution in [3.63, 3.8) is 0 Å². The maximum atomic E-state index is 14.2. The molecule has 1 N–H and O–H groups in total. The number of rotatable bonds is 7. The van der Waals surface area contributed by atoms with Gasteiger partial charge < -0.3 is 9.84 Å². The summed E-state index contributed by atoms with van der Waals surface area (Å²) in [5.41, 5.74) is 5.05. The predicted molar refractivity (Wildman–Crippen MR) is 217 cm³/mol. The van der Waals surface area contributed by atoms with E-state index in [1.807, 2.05) is 29.0 Å². The van der Waals surface area contributed by atoms with Crippen LogP contribution in [0.4, 0.5) is 8.78 Å². The standard InChI is InChI=1S/C22H11Cl2F2NO2S.C17H10BrCl2NO2S/c23-17-6-2-11(8-18(17)24)20-10-30-21(27-20)12-1-4-14(16(7-12)22(28)29)15-5-3-13(25)9-19(15)26;1-23-17(22)11-6-10(2-4-12(11)18)16-21-15(8-24-16)9-3-5-13(19)14(20)7-9/h1-10H,(H,28,29);2-8H,1H3. The zero-order chi connectivity index (χ0) is 38.7. The molecule has 0 aliphatic carbocycles. The monoisotopic (exact) mass is 902 g/mol. The number of aromatic nitrogens is 2. The maximum Gasteiger partial charge on any atom is 0.339 e. The van der Waals surface area contributed by atoms with E-state index in [0.29, 0.717) is 46.4 Å². The van der Waals surface area contributed by atoms with Crippen LogP contribution in [-0.2, 0) is 4.74 Å². The summed E-state index contributed by atoms with van der Waals surface area (Å²) in [6.07, 6.45) is 0. The van der Waals surface area contributed by atoms with Gasteiger partial charge in [-0.25, -0.2) is 28.3 Å². The molecule has 54 heavy (non-hydrogen) atoms. The number of ether oxygens (including phenoxy) is 1. The van der Waals surface area contributed by atoms with Gasteiger partial charge in [0.15, 0.2) is 0 Å². The molecule has 0 saturated carbocycles. The Bertz CT molecular complexity index is 2570. The van der Waals surface area contributed by atoms with Gasteiger partial charge in [-0.2, -0.15) is 0 Å². The van der Waals surface area contributed by atoms with Crippen molar-refractivity contribution in [3.8, 4) is 54.8 Å². The fourth-order valence-corrected chi connectivity index (χ4v) is 7.77. The Morgan fingerprint density at radius 3 is 1.65 bits per heavy atom. The van der Waals surface area contributed by atoms with E-state index in [1.54, 1.807) is 42.5 Å². The SMILES string of the molecule is COC(=O)c1cc(-c2nc(-c3ccc(Cl)c(Cl)c3)cs2)ccc1Br.O=C(O)c1cc(-c2nc(-c3ccc(Cl)c(Cl)c3)cs2)ccc1-c1ccc(F)cc1F. The number of hydrogen-bond acceptors (Lipinski definition) is 7. The summed E-state index contributed by atoms with van der Waals surface area (Å²) >= 11 is 30.2. The Morgan fingerprint density at radius 1 is 0.648 bits per heavy atom. The molecule has 0 radical (unpaired) electrons. The van der Waals surface area contributed by atoms with Crippen molar-refractivity contribution >= 4 is 96.9 Å². The molecule has 2 aromatic heterocycles.